The fraction of sp³-hybridized carbons (Fsp3) is 0.0909. The number of hydrogen-bond donors (Lipinski definition) is 3. The lowest BCUT2D eigenvalue weighted by atomic mass is 10.0. The fourth-order valence-corrected chi connectivity index (χ4v) is 2.81. The number of rotatable bonds is 7. The topological polar surface area (TPSA) is 93.5 Å². The van der Waals surface area contributed by atoms with Crippen molar-refractivity contribution in [1.82, 2.24) is 5.32 Å². The van der Waals surface area contributed by atoms with Crippen molar-refractivity contribution in [3.05, 3.63) is 90.0 Å². The van der Waals surface area contributed by atoms with Crippen LogP contribution in [0.5, 0.6) is 11.5 Å². The summed E-state index contributed by atoms with van der Waals surface area (Å²) in [5, 5.41) is 4.98. The number of urea groups is 1. The Morgan fingerprint density at radius 3 is 2.33 bits per heavy atom. The van der Waals surface area contributed by atoms with E-state index < -0.39 is 29.6 Å². The molecule has 0 aliphatic rings. The minimum absolute atomic E-state index is 0.0953. The van der Waals surface area contributed by atoms with Crippen LogP contribution in [-0.2, 0) is 4.79 Å². The Morgan fingerprint density at radius 2 is 1.63 bits per heavy atom. The van der Waals surface area contributed by atoms with Crippen molar-refractivity contribution in [2.24, 2.45) is 5.73 Å². The lowest BCUT2D eigenvalue weighted by Gasteiger charge is -2.19. The minimum atomic E-state index is -1.08. The van der Waals surface area contributed by atoms with E-state index in [1.165, 1.54) is 6.07 Å². The van der Waals surface area contributed by atoms with E-state index in [1.54, 1.807) is 36.4 Å². The van der Waals surface area contributed by atoms with Gasteiger partial charge in [-0.1, -0.05) is 30.3 Å². The highest BCUT2D eigenvalue weighted by Gasteiger charge is 2.19. The SMILES string of the molecule is NC(=O)NC(CC(=O)Nc1ccc(F)c(F)c1)c1cccc(Oc2ccccc2)c1. The van der Waals surface area contributed by atoms with Crippen molar-refractivity contribution < 1.29 is 23.1 Å². The summed E-state index contributed by atoms with van der Waals surface area (Å²) in [5.41, 5.74) is 5.93. The van der Waals surface area contributed by atoms with Crippen molar-refractivity contribution in [3.8, 4) is 11.5 Å². The zero-order valence-corrected chi connectivity index (χ0v) is 15.8. The molecule has 0 radical (unpaired) electrons. The van der Waals surface area contributed by atoms with Crippen LogP contribution in [0.15, 0.2) is 72.8 Å². The molecule has 4 N–H and O–H groups in total. The number of ether oxygens (including phenoxy) is 1. The van der Waals surface area contributed by atoms with E-state index >= 15 is 0 Å². The Bertz CT molecular complexity index is 1040. The van der Waals surface area contributed by atoms with Gasteiger partial charge in [-0.25, -0.2) is 13.6 Å². The highest BCUT2D eigenvalue weighted by atomic mass is 19.2. The van der Waals surface area contributed by atoms with Crippen LogP contribution in [0.4, 0.5) is 19.3 Å². The summed E-state index contributed by atoms with van der Waals surface area (Å²) in [7, 11) is 0. The van der Waals surface area contributed by atoms with E-state index in [-0.39, 0.29) is 12.1 Å². The monoisotopic (exact) mass is 411 g/mol. The molecule has 0 spiro atoms. The summed E-state index contributed by atoms with van der Waals surface area (Å²) in [5.74, 6) is -1.47. The number of hydrogen-bond acceptors (Lipinski definition) is 3. The van der Waals surface area contributed by atoms with Gasteiger partial charge >= 0.3 is 6.03 Å². The van der Waals surface area contributed by atoms with Crippen molar-refractivity contribution >= 4 is 17.6 Å². The van der Waals surface area contributed by atoms with Crippen LogP contribution in [-0.4, -0.2) is 11.9 Å². The first-order chi connectivity index (χ1) is 14.4. The molecule has 1 unspecified atom stereocenters. The predicted octanol–water partition coefficient (Wildman–Crippen LogP) is 4.50. The van der Waals surface area contributed by atoms with Gasteiger partial charge in [0.1, 0.15) is 11.5 Å². The number of nitrogens with two attached hydrogens (primary N) is 1. The van der Waals surface area contributed by atoms with Gasteiger partial charge in [0.25, 0.3) is 0 Å². The van der Waals surface area contributed by atoms with E-state index in [4.69, 9.17) is 10.5 Å². The number of anilines is 1. The highest BCUT2D eigenvalue weighted by Crippen LogP contribution is 2.26. The molecule has 1 atom stereocenters. The first-order valence-electron chi connectivity index (χ1n) is 9.04. The van der Waals surface area contributed by atoms with Crippen LogP contribution in [0.3, 0.4) is 0 Å². The fourth-order valence-electron chi connectivity index (χ4n) is 2.81. The number of carbonyl (C=O) groups is 2. The van der Waals surface area contributed by atoms with Crippen molar-refractivity contribution in [1.29, 1.82) is 0 Å². The number of nitrogens with one attached hydrogen (secondary N) is 2. The summed E-state index contributed by atoms with van der Waals surface area (Å²) < 4.78 is 32.2. The van der Waals surface area contributed by atoms with Crippen molar-refractivity contribution in [2.75, 3.05) is 5.32 Å². The second-order valence-electron chi connectivity index (χ2n) is 6.43. The largest absolute Gasteiger partial charge is 0.457 e. The summed E-state index contributed by atoms with van der Waals surface area (Å²) in [4.78, 5) is 23.8. The number of amides is 3. The molecule has 6 nitrogen and oxygen atoms in total. The van der Waals surface area contributed by atoms with Crippen LogP contribution in [0.1, 0.15) is 18.0 Å². The lowest BCUT2D eigenvalue weighted by Crippen LogP contribution is -2.35. The maximum Gasteiger partial charge on any atom is 0.312 e. The van der Waals surface area contributed by atoms with E-state index in [0.717, 1.165) is 12.1 Å². The average Bonchev–Trinajstić information content (AvgIpc) is 2.71. The lowest BCUT2D eigenvalue weighted by molar-refractivity contribution is -0.116. The number of primary amides is 1. The number of halogens is 2. The van der Waals surface area contributed by atoms with Gasteiger partial charge in [0, 0.05) is 11.8 Å². The maximum absolute atomic E-state index is 13.3. The molecular weight excluding hydrogens is 392 g/mol. The first kappa shape index (κ1) is 20.8. The number of para-hydroxylation sites is 1. The molecule has 0 aromatic heterocycles. The van der Waals surface area contributed by atoms with Gasteiger partial charge in [-0.15, -0.1) is 0 Å². The molecule has 0 aliphatic heterocycles. The van der Waals surface area contributed by atoms with E-state index in [1.807, 2.05) is 18.2 Å². The van der Waals surface area contributed by atoms with Crippen LogP contribution < -0.4 is 21.1 Å². The Kier molecular flexibility index (Phi) is 6.59. The summed E-state index contributed by atoms with van der Waals surface area (Å²) in [6, 6.07) is 17.4. The zero-order valence-electron chi connectivity index (χ0n) is 15.8. The minimum Gasteiger partial charge on any atom is -0.457 e. The molecular formula is C22H19F2N3O3. The molecule has 154 valence electrons. The molecule has 0 bridgehead atoms. The Morgan fingerprint density at radius 1 is 0.900 bits per heavy atom. The first-order valence-corrected chi connectivity index (χ1v) is 9.04. The Hall–Kier alpha value is -3.94. The molecule has 8 heteroatoms. The third-order valence-electron chi connectivity index (χ3n) is 4.15. The zero-order chi connectivity index (χ0) is 21.5. The summed E-state index contributed by atoms with van der Waals surface area (Å²) in [6.07, 6.45) is -0.184. The standard InChI is InChI=1S/C22H19F2N3O3/c23-18-10-9-15(12-19(18)24)26-21(28)13-20(27-22(25)29)14-5-4-8-17(11-14)30-16-6-2-1-3-7-16/h1-12,20H,13H2,(H,26,28)(H3,25,27,29). The average molecular weight is 411 g/mol. The third-order valence-corrected chi connectivity index (χ3v) is 4.15. The normalized spacial score (nSPS) is 11.4. The van der Waals surface area contributed by atoms with Gasteiger partial charge in [-0.2, -0.15) is 0 Å². The van der Waals surface area contributed by atoms with E-state index in [2.05, 4.69) is 10.6 Å². The van der Waals surface area contributed by atoms with E-state index in [0.29, 0.717) is 17.1 Å². The van der Waals surface area contributed by atoms with Gasteiger partial charge in [-0.05, 0) is 42.0 Å². The molecule has 0 saturated carbocycles. The predicted molar refractivity (Wildman–Crippen MR) is 108 cm³/mol. The second-order valence-corrected chi connectivity index (χ2v) is 6.43. The second kappa shape index (κ2) is 9.51. The van der Waals surface area contributed by atoms with Crippen molar-refractivity contribution in [2.45, 2.75) is 12.5 Å². The maximum atomic E-state index is 13.3. The molecule has 3 rings (SSSR count). The quantitative estimate of drug-likeness (QED) is 0.535. The molecule has 0 aliphatic carbocycles. The Balaban J connectivity index is 1.75. The molecule has 30 heavy (non-hydrogen) atoms. The Labute approximate surface area is 171 Å². The molecule has 3 aromatic rings. The van der Waals surface area contributed by atoms with Gasteiger partial charge in [0.2, 0.25) is 5.91 Å². The molecule has 0 fully saturated rings. The molecule has 3 aromatic carbocycles. The van der Waals surface area contributed by atoms with Crippen LogP contribution in [0.2, 0.25) is 0 Å². The van der Waals surface area contributed by atoms with Gasteiger partial charge in [0.05, 0.1) is 12.5 Å². The van der Waals surface area contributed by atoms with Crippen LogP contribution in [0.25, 0.3) is 0 Å². The van der Waals surface area contributed by atoms with Crippen LogP contribution in [0, 0.1) is 11.6 Å². The smallest absolute Gasteiger partial charge is 0.312 e. The number of carbonyl (C=O) groups excluding carboxylic acids is 2. The highest BCUT2D eigenvalue weighted by molar-refractivity contribution is 5.91. The van der Waals surface area contributed by atoms with Gasteiger partial charge < -0.3 is 21.1 Å². The van der Waals surface area contributed by atoms with Crippen LogP contribution >= 0.6 is 0 Å². The van der Waals surface area contributed by atoms with Gasteiger partial charge in [0.15, 0.2) is 11.6 Å². The summed E-state index contributed by atoms with van der Waals surface area (Å²) in [6.45, 7) is 0. The van der Waals surface area contributed by atoms with Crippen molar-refractivity contribution in [3.63, 3.8) is 0 Å². The number of benzene rings is 3. The third kappa shape index (κ3) is 5.78. The van der Waals surface area contributed by atoms with E-state index in [9.17, 15) is 18.4 Å². The molecule has 3 amide bonds. The molecule has 0 saturated heterocycles. The summed E-state index contributed by atoms with van der Waals surface area (Å²) >= 11 is 0. The van der Waals surface area contributed by atoms with Gasteiger partial charge in [-0.3, -0.25) is 4.79 Å². The molecule has 0 heterocycles.